The van der Waals surface area contributed by atoms with Gasteiger partial charge in [0, 0.05) is 31.1 Å². The molecule has 0 saturated heterocycles. The van der Waals surface area contributed by atoms with Crippen molar-refractivity contribution in [2.45, 2.75) is 82.7 Å². The molecule has 4 fully saturated rings. The fourth-order valence-corrected chi connectivity index (χ4v) is 5.84. The van der Waals surface area contributed by atoms with Crippen LogP contribution in [-0.4, -0.2) is 36.6 Å². The van der Waals surface area contributed by atoms with Crippen molar-refractivity contribution >= 4 is 24.3 Å². The van der Waals surface area contributed by atoms with Crippen LogP contribution in [0.15, 0.2) is 0 Å². The maximum Gasteiger partial charge on any atom is 0.315 e. The van der Waals surface area contributed by atoms with Crippen LogP contribution in [0.3, 0.4) is 0 Å². The van der Waals surface area contributed by atoms with E-state index < -0.39 is 0 Å². The zero-order chi connectivity index (χ0) is 18.6. The number of carbonyl (C=O) groups excluding carboxylic acids is 2. The lowest BCUT2D eigenvalue weighted by Crippen LogP contribution is -2.61. The van der Waals surface area contributed by atoms with Crippen LogP contribution in [0.2, 0.25) is 0 Å². The van der Waals surface area contributed by atoms with Crippen LogP contribution < -0.4 is 21.7 Å². The number of carbonyl (C=O) groups is 2. The average molecular weight is 401 g/mol. The molecule has 0 aromatic carbocycles. The minimum Gasteiger partial charge on any atom is -0.352 e. The highest BCUT2D eigenvalue weighted by Crippen LogP contribution is 2.55. The number of hydrogen-bond donors (Lipinski definition) is 4. The Labute approximate surface area is 169 Å². The molecule has 3 amide bonds. The number of amides is 3. The minimum absolute atomic E-state index is 0. The van der Waals surface area contributed by atoms with Crippen LogP contribution >= 0.6 is 12.4 Å². The minimum atomic E-state index is -0.110. The van der Waals surface area contributed by atoms with E-state index in [1.807, 2.05) is 0 Å². The van der Waals surface area contributed by atoms with Gasteiger partial charge in [-0.05, 0) is 62.7 Å². The normalized spacial score (nSPS) is 31.7. The van der Waals surface area contributed by atoms with Gasteiger partial charge >= 0.3 is 6.03 Å². The average Bonchev–Trinajstić information content (AvgIpc) is 2.56. The molecule has 27 heavy (non-hydrogen) atoms. The first-order valence-electron chi connectivity index (χ1n) is 10.6. The Kier molecular flexibility index (Phi) is 8.22. The van der Waals surface area contributed by atoms with E-state index in [1.165, 1.54) is 19.3 Å². The molecule has 4 bridgehead atoms. The molecule has 4 saturated carbocycles. The van der Waals surface area contributed by atoms with Crippen molar-refractivity contribution in [3.8, 4) is 0 Å². The lowest BCUT2D eigenvalue weighted by molar-refractivity contribution is -0.121. The molecule has 0 aromatic rings. The molecule has 6 nitrogen and oxygen atoms in total. The van der Waals surface area contributed by atoms with Crippen molar-refractivity contribution < 1.29 is 9.59 Å². The van der Waals surface area contributed by atoms with Gasteiger partial charge in [-0.2, -0.15) is 0 Å². The van der Waals surface area contributed by atoms with Gasteiger partial charge in [0.25, 0.3) is 0 Å². The number of hydrogen-bond acceptors (Lipinski definition) is 3. The Hall–Kier alpha value is -1.01. The summed E-state index contributed by atoms with van der Waals surface area (Å²) in [4.78, 5) is 24.4. The summed E-state index contributed by atoms with van der Waals surface area (Å²) in [6.45, 7) is 2.96. The van der Waals surface area contributed by atoms with Gasteiger partial charge in [-0.15, -0.1) is 12.4 Å². The number of nitrogens with two attached hydrogens (primary N) is 1. The van der Waals surface area contributed by atoms with Crippen LogP contribution in [0, 0.1) is 17.8 Å². The van der Waals surface area contributed by atoms with Crippen molar-refractivity contribution in [1.82, 2.24) is 16.0 Å². The highest BCUT2D eigenvalue weighted by molar-refractivity contribution is 5.85. The van der Waals surface area contributed by atoms with Gasteiger partial charge in [-0.25, -0.2) is 4.79 Å². The highest BCUT2D eigenvalue weighted by atomic mass is 35.5. The van der Waals surface area contributed by atoms with E-state index in [-0.39, 0.29) is 35.9 Å². The maximum absolute atomic E-state index is 12.4. The number of urea groups is 1. The third-order valence-corrected chi connectivity index (χ3v) is 6.61. The van der Waals surface area contributed by atoms with Crippen LogP contribution in [-0.2, 0) is 4.79 Å². The summed E-state index contributed by atoms with van der Waals surface area (Å²) in [6.07, 6.45) is 10.9. The first-order valence-corrected chi connectivity index (χ1v) is 10.6. The monoisotopic (exact) mass is 400 g/mol. The summed E-state index contributed by atoms with van der Waals surface area (Å²) < 4.78 is 0. The number of unbranched alkanes of at least 4 members (excludes halogenated alkanes) is 1. The number of nitrogens with one attached hydrogen (secondary N) is 3. The molecule has 0 radical (unpaired) electrons. The maximum atomic E-state index is 12.4. The SMILES string of the molecule is CCCCC(CN)NC(=O)CCNC(=O)NC12CC3CC(CC(C3)C1)C2.Cl. The second-order valence-electron chi connectivity index (χ2n) is 8.97. The Morgan fingerprint density at radius 3 is 2.22 bits per heavy atom. The molecular formula is C20H37ClN4O2. The highest BCUT2D eigenvalue weighted by Gasteiger charge is 2.51. The van der Waals surface area contributed by atoms with Crippen molar-refractivity contribution in [2.75, 3.05) is 13.1 Å². The smallest absolute Gasteiger partial charge is 0.315 e. The van der Waals surface area contributed by atoms with Gasteiger partial charge in [0.1, 0.15) is 0 Å². The van der Waals surface area contributed by atoms with Gasteiger partial charge in [0.15, 0.2) is 0 Å². The Morgan fingerprint density at radius 1 is 1.11 bits per heavy atom. The molecule has 4 aliphatic rings. The van der Waals surface area contributed by atoms with Crippen LogP contribution in [0.1, 0.15) is 71.1 Å². The fourth-order valence-electron chi connectivity index (χ4n) is 5.84. The summed E-state index contributed by atoms with van der Waals surface area (Å²) >= 11 is 0. The molecule has 0 aliphatic heterocycles. The molecule has 156 valence electrons. The zero-order valence-corrected chi connectivity index (χ0v) is 17.4. The van der Waals surface area contributed by atoms with Crippen LogP contribution in [0.4, 0.5) is 4.79 Å². The summed E-state index contributed by atoms with van der Waals surface area (Å²) in [7, 11) is 0. The second kappa shape index (κ2) is 9.97. The van der Waals surface area contributed by atoms with Gasteiger partial charge in [-0.1, -0.05) is 19.8 Å². The molecule has 0 spiro atoms. The van der Waals surface area contributed by atoms with Crippen molar-refractivity contribution in [1.29, 1.82) is 0 Å². The van der Waals surface area contributed by atoms with Gasteiger partial charge in [0.05, 0.1) is 0 Å². The van der Waals surface area contributed by atoms with Crippen molar-refractivity contribution in [3.05, 3.63) is 0 Å². The molecular weight excluding hydrogens is 364 g/mol. The molecule has 5 N–H and O–H groups in total. The van der Waals surface area contributed by atoms with Crippen LogP contribution in [0.25, 0.3) is 0 Å². The first-order chi connectivity index (χ1) is 12.5. The topological polar surface area (TPSA) is 96.2 Å². The quantitative estimate of drug-likeness (QED) is 0.479. The predicted octanol–water partition coefficient (Wildman–Crippen LogP) is 2.70. The van der Waals surface area contributed by atoms with Crippen LogP contribution in [0.5, 0.6) is 0 Å². The first kappa shape index (κ1) is 22.3. The Morgan fingerprint density at radius 2 is 1.70 bits per heavy atom. The molecule has 1 atom stereocenters. The van der Waals surface area contributed by atoms with Gasteiger partial charge < -0.3 is 21.7 Å². The number of halogens is 1. The van der Waals surface area contributed by atoms with E-state index in [1.54, 1.807) is 0 Å². The summed E-state index contributed by atoms with van der Waals surface area (Å²) in [6, 6.07) is -0.0654. The van der Waals surface area contributed by atoms with E-state index in [9.17, 15) is 9.59 Å². The molecule has 0 aromatic heterocycles. The second-order valence-corrected chi connectivity index (χ2v) is 8.97. The zero-order valence-electron chi connectivity index (χ0n) is 16.6. The molecule has 4 rings (SSSR count). The third-order valence-electron chi connectivity index (χ3n) is 6.61. The van der Waals surface area contributed by atoms with E-state index in [4.69, 9.17) is 5.73 Å². The molecule has 4 aliphatic carbocycles. The predicted molar refractivity (Wildman–Crippen MR) is 110 cm³/mol. The van der Waals surface area contributed by atoms with Crippen molar-refractivity contribution in [3.63, 3.8) is 0 Å². The van der Waals surface area contributed by atoms with Crippen molar-refractivity contribution in [2.24, 2.45) is 23.5 Å². The fraction of sp³-hybridized carbons (Fsp3) is 0.900. The third kappa shape index (κ3) is 5.98. The lowest BCUT2D eigenvalue weighted by atomic mass is 9.53. The summed E-state index contributed by atoms with van der Waals surface area (Å²) in [5.41, 5.74) is 5.73. The van der Waals surface area contributed by atoms with E-state index in [0.29, 0.717) is 19.5 Å². The van der Waals surface area contributed by atoms with E-state index in [0.717, 1.165) is 56.3 Å². The molecule has 7 heteroatoms. The van der Waals surface area contributed by atoms with Gasteiger partial charge in [0.2, 0.25) is 5.91 Å². The number of rotatable bonds is 9. The van der Waals surface area contributed by atoms with E-state index >= 15 is 0 Å². The summed E-state index contributed by atoms with van der Waals surface area (Å²) in [5.74, 6) is 2.39. The Balaban J connectivity index is 0.00000261. The largest absolute Gasteiger partial charge is 0.352 e. The van der Waals surface area contributed by atoms with E-state index in [2.05, 4.69) is 22.9 Å². The molecule has 1 unspecified atom stereocenters. The lowest BCUT2D eigenvalue weighted by Gasteiger charge is -2.56. The van der Waals surface area contributed by atoms with Gasteiger partial charge in [-0.3, -0.25) is 4.79 Å². The standard InChI is InChI=1S/C20H36N4O2.ClH/c1-2-3-4-17(13-21)23-18(25)5-6-22-19(26)24-20-10-14-7-15(11-20)9-16(8-14)12-20;/h14-17H,2-13,21H2,1H3,(H,23,25)(H2,22,24,26);1H. The molecule has 0 heterocycles. The Bertz CT molecular complexity index is 479. The summed E-state index contributed by atoms with van der Waals surface area (Å²) in [5, 5.41) is 9.12.